The standard InChI is InChI=1S/C40H46F4N2O3/c1-35-13-10-30(47)23-37(35)16-17-39(31(24-37)34(48)26-4-3-5-27(22-26)40(42,43)44)32(35)11-14-36(2)33(39)12-15-38(36,49)25-45-18-20-46(21-19-45)29-8-6-28(41)7-9-29/h3-9,16-17,22,24,30,32-33,47,49H,10-15,18-21,23,25H2,1-2H3. The van der Waals surface area contributed by atoms with Gasteiger partial charge in [0.25, 0.3) is 0 Å². The fourth-order valence-corrected chi connectivity index (χ4v) is 11.8. The van der Waals surface area contributed by atoms with E-state index in [4.69, 9.17) is 0 Å². The van der Waals surface area contributed by atoms with Gasteiger partial charge in [0.2, 0.25) is 0 Å². The number of benzene rings is 2. The third-order valence-electron chi connectivity index (χ3n) is 14.5. The maximum atomic E-state index is 14.7. The van der Waals surface area contributed by atoms with Crippen molar-refractivity contribution in [2.75, 3.05) is 37.6 Å². The van der Waals surface area contributed by atoms with E-state index >= 15 is 0 Å². The number of fused-ring (bicyclic) bond motifs is 1. The Hall–Kier alpha value is -3.01. The molecule has 2 aromatic rings. The van der Waals surface area contributed by atoms with Crippen LogP contribution in [-0.4, -0.2) is 65.3 Å². The number of hydrogen-bond acceptors (Lipinski definition) is 5. The summed E-state index contributed by atoms with van der Waals surface area (Å²) in [5.41, 5.74) is -2.33. The van der Waals surface area contributed by atoms with Crippen LogP contribution in [0.15, 0.2) is 72.3 Å². The lowest BCUT2D eigenvalue weighted by Gasteiger charge is -2.71. The van der Waals surface area contributed by atoms with Crippen molar-refractivity contribution in [1.29, 1.82) is 0 Å². The number of rotatable bonds is 5. The Kier molecular flexibility index (Phi) is 7.44. The van der Waals surface area contributed by atoms with Crippen LogP contribution in [0, 0.1) is 39.3 Å². The molecule has 9 rings (SSSR count). The average Bonchev–Trinajstić information content (AvgIpc) is 3.34. The molecule has 2 aromatic carbocycles. The molecule has 5 nitrogen and oxygen atoms in total. The molecule has 2 bridgehead atoms. The molecule has 1 saturated heterocycles. The number of Topliss-reactive ketones (excluding diaryl/α,β-unsaturated/α-hetero) is 1. The lowest BCUT2D eigenvalue weighted by Crippen LogP contribution is -2.67. The average molecular weight is 679 g/mol. The van der Waals surface area contributed by atoms with Gasteiger partial charge in [-0.3, -0.25) is 9.69 Å². The van der Waals surface area contributed by atoms with Gasteiger partial charge >= 0.3 is 6.18 Å². The summed E-state index contributed by atoms with van der Waals surface area (Å²) in [5, 5.41) is 23.7. The molecule has 0 radical (unpaired) electrons. The monoisotopic (exact) mass is 678 g/mol. The molecule has 8 atom stereocenters. The van der Waals surface area contributed by atoms with Crippen molar-refractivity contribution in [3.8, 4) is 0 Å². The Morgan fingerprint density at radius 2 is 1.57 bits per heavy atom. The van der Waals surface area contributed by atoms with Crippen LogP contribution in [0.3, 0.4) is 0 Å². The van der Waals surface area contributed by atoms with E-state index in [0.29, 0.717) is 37.8 Å². The number of anilines is 1. The van der Waals surface area contributed by atoms with E-state index in [0.717, 1.165) is 63.3 Å². The number of piperazine rings is 1. The second-order valence-corrected chi connectivity index (χ2v) is 16.5. The summed E-state index contributed by atoms with van der Waals surface area (Å²) in [5.74, 6) is -0.655. The van der Waals surface area contributed by atoms with Crippen molar-refractivity contribution in [2.45, 2.75) is 76.7 Å². The van der Waals surface area contributed by atoms with Crippen molar-refractivity contribution in [2.24, 2.45) is 33.5 Å². The molecule has 7 aliphatic rings. The zero-order valence-electron chi connectivity index (χ0n) is 28.3. The van der Waals surface area contributed by atoms with E-state index in [1.54, 1.807) is 12.1 Å². The van der Waals surface area contributed by atoms with Gasteiger partial charge in [-0.15, -0.1) is 0 Å². The van der Waals surface area contributed by atoms with Gasteiger partial charge in [0.1, 0.15) is 5.82 Å². The normalized spacial score (nSPS) is 40.0. The van der Waals surface area contributed by atoms with E-state index < -0.39 is 39.7 Å². The minimum Gasteiger partial charge on any atom is -0.393 e. The fraction of sp³-hybridized carbons (Fsp3) is 0.575. The number of nitrogens with zero attached hydrogens (tertiary/aromatic N) is 2. The number of ketones is 1. The van der Waals surface area contributed by atoms with Crippen LogP contribution >= 0.6 is 0 Å². The Balaban J connectivity index is 1.14. The molecule has 0 amide bonds. The molecule has 3 saturated carbocycles. The SMILES string of the molecule is CC12CCC(O)CC13C=CC1(C(C(=O)c4cccc(C(F)(F)F)c4)=C3)C2CCC2(C)C1CCC2(O)CN1CCN(c2ccc(F)cc2)CC1. The molecule has 8 unspecified atom stereocenters. The second-order valence-electron chi connectivity index (χ2n) is 16.5. The van der Waals surface area contributed by atoms with Gasteiger partial charge in [0.05, 0.1) is 17.3 Å². The van der Waals surface area contributed by atoms with Gasteiger partial charge in [0.15, 0.2) is 5.78 Å². The van der Waals surface area contributed by atoms with E-state index in [9.17, 15) is 32.6 Å². The first-order valence-corrected chi connectivity index (χ1v) is 17.9. The molecule has 9 heteroatoms. The Morgan fingerprint density at radius 1 is 0.898 bits per heavy atom. The van der Waals surface area contributed by atoms with Crippen LogP contribution in [0.5, 0.6) is 0 Å². The van der Waals surface area contributed by atoms with Crippen molar-refractivity contribution in [1.82, 2.24) is 4.90 Å². The molecule has 2 spiro atoms. The first kappa shape index (κ1) is 33.2. The zero-order valence-corrected chi connectivity index (χ0v) is 28.3. The highest BCUT2D eigenvalue weighted by Crippen LogP contribution is 2.78. The highest BCUT2D eigenvalue weighted by atomic mass is 19.4. The summed E-state index contributed by atoms with van der Waals surface area (Å²) in [6.07, 6.45) is 6.23. The largest absolute Gasteiger partial charge is 0.416 e. The number of halogens is 4. The van der Waals surface area contributed by atoms with Gasteiger partial charge in [0, 0.05) is 65.8 Å². The minimum atomic E-state index is -4.57. The number of hydrogen-bond donors (Lipinski definition) is 2. The van der Waals surface area contributed by atoms with Crippen molar-refractivity contribution in [3.05, 3.63) is 89.3 Å². The van der Waals surface area contributed by atoms with Crippen LogP contribution in [-0.2, 0) is 6.18 Å². The molecule has 4 fully saturated rings. The molecule has 6 aliphatic carbocycles. The molecular formula is C40H46F4N2O3. The van der Waals surface area contributed by atoms with Crippen LogP contribution in [0.4, 0.5) is 23.2 Å². The topological polar surface area (TPSA) is 64.0 Å². The molecule has 1 aliphatic heterocycles. The number of carbonyl (C=O) groups is 1. The second kappa shape index (κ2) is 11.0. The van der Waals surface area contributed by atoms with Crippen LogP contribution in [0.2, 0.25) is 0 Å². The quantitative estimate of drug-likeness (QED) is 0.196. The van der Waals surface area contributed by atoms with Gasteiger partial charge < -0.3 is 15.1 Å². The van der Waals surface area contributed by atoms with Crippen LogP contribution < -0.4 is 4.90 Å². The maximum absolute atomic E-state index is 14.7. The summed E-state index contributed by atoms with van der Waals surface area (Å²) in [6, 6.07) is 11.3. The fourth-order valence-electron chi connectivity index (χ4n) is 11.8. The summed E-state index contributed by atoms with van der Waals surface area (Å²) in [7, 11) is 0. The highest BCUT2D eigenvalue weighted by molar-refractivity contribution is 6.10. The summed E-state index contributed by atoms with van der Waals surface area (Å²) in [6.45, 7) is 8.05. The van der Waals surface area contributed by atoms with E-state index in [1.807, 2.05) is 6.08 Å². The van der Waals surface area contributed by atoms with Crippen LogP contribution in [0.1, 0.15) is 74.7 Å². The first-order valence-electron chi connectivity index (χ1n) is 17.9. The van der Waals surface area contributed by atoms with Crippen LogP contribution in [0.25, 0.3) is 0 Å². The molecule has 0 aromatic heterocycles. The predicted octanol–water partition coefficient (Wildman–Crippen LogP) is 7.44. The first-order chi connectivity index (χ1) is 23.1. The summed E-state index contributed by atoms with van der Waals surface area (Å²) in [4.78, 5) is 19.3. The van der Waals surface area contributed by atoms with E-state index in [-0.39, 0.29) is 34.4 Å². The number of β-amino-alcohol motifs (C(OH)–C–C–N with tert-alkyl or cyclic N) is 1. The minimum absolute atomic E-state index is 0.0316. The Labute approximate surface area is 285 Å². The molecule has 2 N–H and O–H groups in total. The van der Waals surface area contributed by atoms with E-state index in [2.05, 4.69) is 35.8 Å². The lowest BCUT2D eigenvalue weighted by molar-refractivity contribution is -0.176. The lowest BCUT2D eigenvalue weighted by atomic mass is 9.32. The number of alkyl halides is 3. The third kappa shape index (κ3) is 4.70. The van der Waals surface area contributed by atoms with Crippen molar-refractivity contribution < 1.29 is 32.6 Å². The smallest absolute Gasteiger partial charge is 0.393 e. The highest BCUT2D eigenvalue weighted by Gasteiger charge is 2.74. The number of aliphatic hydroxyl groups is 2. The zero-order chi connectivity index (χ0) is 34.6. The molecule has 1 heterocycles. The molecular weight excluding hydrogens is 632 g/mol. The number of carbonyl (C=O) groups excluding carboxylic acids is 1. The van der Waals surface area contributed by atoms with Gasteiger partial charge in [-0.25, -0.2) is 4.39 Å². The van der Waals surface area contributed by atoms with E-state index in [1.165, 1.54) is 24.3 Å². The predicted molar refractivity (Wildman–Crippen MR) is 179 cm³/mol. The summed E-state index contributed by atoms with van der Waals surface area (Å²) >= 11 is 0. The number of allylic oxidation sites excluding steroid dienone is 4. The third-order valence-corrected chi connectivity index (χ3v) is 14.5. The molecule has 49 heavy (non-hydrogen) atoms. The Bertz CT molecular complexity index is 1720. The van der Waals surface area contributed by atoms with Crippen molar-refractivity contribution in [3.63, 3.8) is 0 Å². The van der Waals surface area contributed by atoms with Gasteiger partial charge in [-0.2, -0.15) is 13.2 Å². The van der Waals surface area contributed by atoms with Gasteiger partial charge in [-0.05, 0) is 98.6 Å². The summed E-state index contributed by atoms with van der Waals surface area (Å²) < 4.78 is 55.0. The van der Waals surface area contributed by atoms with Crippen molar-refractivity contribution >= 4 is 11.5 Å². The number of aliphatic hydroxyl groups excluding tert-OH is 1. The molecule has 262 valence electrons. The van der Waals surface area contributed by atoms with Gasteiger partial charge in [-0.1, -0.05) is 44.2 Å². The maximum Gasteiger partial charge on any atom is 0.416 e. The Morgan fingerprint density at radius 3 is 2.29 bits per heavy atom.